The van der Waals surface area contributed by atoms with Gasteiger partial charge in [-0.05, 0) is 12.1 Å². The molecule has 1 aromatic heterocycles. The van der Waals surface area contributed by atoms with Gasteiger partial charge in [-0.25, -0.2) is 0 Å². The molecule has 5 nitrogen and oxygen atoms in total. The van der Waals surface area contributed by atoms with Crippen LogP contribution in [0.3, 0.4) is 0 Å². The Kier molecular flexibility index (Phi) is 2.33. The molecule has 1 saturated heterocycles. The van der Waals surface area contributed by atoms with Crippen LogP contribution in [0, 0.1) is 0 Å². The molecule has 17 heavy (non-hydrogen) atoms. The summed E-state index contributed by atoms with van der Waals surface area (Å²) in [6.07, 6.45) is 1.75. The third-order valence-corrected chi connectivity index (χ3v) is 3.10. The van der Waals surface area contributed by atoms with Crippen LogP contribution < -0.4 is 0 Å². The summed E-state index contributed by atoms with van der Waals surface area (Å²) in [4.78, 5) is 14.0. The molecule has 1 aromatic carbocycles. The predicted molar refractivity (Wildman–Crippen MR) is 60.7 cm³/mol. The molecule has 0 atom stereocenters. The van der Waals surface area contributed by atoms with Crippen LogP contribution in [0.5, 0.6) is 0 Å². The first-order valence-corrected chi connectivity index (χ1v) is 5.45. The van der Waals surface area contributed by atoms with Crippen LogP contribution in [-0.2, 0) is 4.74 Å². The largest absolute Gasteiger partial charge is 0.378 e. The fourth-order valence-corrected chi connectivity index (χ4v) is 2.00. The Hall–Kier alpha value is -1.88. The van der Waals surface area contributed by atoms with Crippen molar-refractivity contribution in [2.45, 2.75) is 6.10 Å². The molecular weight excluding hydrogens is 220 g/mol. The second kappa shape index (κ2) is 3.85. The Morgan fingerprint density at radius 1 is 1.53 bits per heavy atom. The van der Waals surface area contributed by atoms with Gasteiger partial charge in [-0.15, -0.1) is 0 Å². The maximum absolute atomic E-state index is 12.2. The van der Waals surface area contributed by atoms with Gasteiger partial charge in [0.2, 0.25) is 0 Å². The van der Waals surface area contributed by atoms with E-state index in [-0.39, 0.29) is 12.0 Å². The summed E-state index contributed by atoms with van der Waals surface area (Å²) in [5, 5.41) is 4.47. The van der Waals surface area contributed by atoms with Gasteiger partial charge < -0.3 is 14.2 Å². The molecule has 0 bridgehead atoms. The Morgan fingerprint density at radius 2 is 2.35 bits per heavy atom. The maximum atomic E-state index is 12.2. The van der Waals surface area contributed by atoms with Crippen molar-refractivity contribution in [1.82, 2.24) is 10.1 Å². The number of hydrogen-bond acceptors (Lipinski definition) is 4. The first-order valence-electron chi connectivity index (χ1n) is 5.45. The molecule has 88 valence electrons. The van der Waals surface area contributed by atoms with E-state index in [0.29, 0.717) is 24.2 Å². The predicted octanol–water partition coefficient (Wildman–Crippen LogP) is 1.30. The number of carbonyl (C=O) groups excluding carboxylic acids is 1. The number of methoxy groups -OCH3 is 1. The minimum atomic E-state index is 0.00657. The minimum Gasteiger partial charge on any atom is -0.378 e. The second-order valence-electron chi connectivity index (χ2n) is 4.11. The van der Waals surface area contributed by atoms with Crippen molar-refractivity contribution in [2.24, 2.45) is 0 Å². The Labute approximate surface area is 97.9 Å². The van der Waals surface area contributed by atoms with Crippen LogP contribution in [0.4, 0.5) is 0 Å². The number of hydrogen-bond donors (Lipinski definition) is 0. The third-order valence-electron chi connectivity index (χ3n) is 3.10. The standard InChI is InChI=1S/C12H12N2O3/c1-16-8-6-14(7-8)12(15)9-3-2-4-11-10(9)5-13-17-11/h2-5,8H,6-7H2,1H3. The van der Waals surface area contributed by atoms with Crippen molar-refractivity contribution in [3.63, 3.8) is 0 Å². The lowest BCUT2D eigenvalue weighted by atomic mass is 10.1. The van der Waals surface area contributed by atoms with Gasteiger partial charge in [-0.3, -0.25) is 4.79 Å². The van der Waals surface area contributed by atoms with Crippen LogP contribution in [0.25, 0.3) is 11.0 Å². The molecule has 2 aromatic rings. The number of ether oxygens (including phenoxy) is 1. The van der Waals surface area contributed by atoms with Crippen LogP contribution in [-0.4, -0.2) is 42.3 Å². The van der Waals surface area contributed by atoms with Crippen molar-refractivity contribution in [2.75, 3.05) is 20.2 Å². The topological polar surface area (TPSA) is 55.6 Å². The molecular formula is C12H12N2O3. The van der Waals surface area contributed by atoms with Gasteiger partial charge in [0.15, 0.2) is 5.58 Å². The number of amides is 1. The van der Waals surface area contributed by atoms with Gasteiger partial charge in [0.1, 0.15) is 0 Å². The van der Waals surface area contributed by atoms with E-state index in [9.17, 15) is 4.79 Å². The molecule has 3 rings (SSSR count). The van der Waals surface area contributed by atoms with E-state index in [1.807, 2.05) is 0 Å². The van der Waals surface area contributed by atoms with E-state index in [4.69, 9.17) is 9.26 Å². The van der Waals surface area contributed by atoms with Gasteiger partial charge in [0.05, 0.1) is 23.3 Å². The van der Waals surface area contributed by atoms with Crippen LogP contribution in [0.2, 0.25) is 0 Å². The fraction of sp³-hybridized carbons (Fsp3) is 0.333. The van der Waals surface area contributed by atoms with Crippen molar-refractivity contribution in [3.8, 4) is 0 Å². The van der Waals surface area contributed by atoms with Crippen LogP contribution in [0.1, 0.15) is 10.4 Å². The molecule has 5 heteroatoms. The number of benzene rings is 1. The molecule has 1 aliphatic heterocycles. The number of rotatable bonds is 2. The molecule has 1 fully saturated rings. The van der Waals surface area contributed by atoms with Crippen molar-refractivity contribution in [1.29, 1.82) is 0 Å². The highest BCUT2D eigenvalue weighted by Gasteiger charge is 2.31. The quantitative estimate of drug-likeness (QED) is 0.783. The molecule has 0 saturated carbocycles. The molecule has 0 N–H and O–H groups in total. The fourth-order valence-electron chi connectivity index (χ4n) is 2.00. The average Bonchev–Trinajstić information content (AvgIpc) is 2.74. The smallest absolute Gasteiger partial charge is 0.254 e. The Morgan fingerprint density at radius 3 is 3.12 bits per heavy atom. The zero-order valence-corrected chi connectivity index (χ0v) is 9.42. The highest BCUT2D eigenvalue weighted by molar-refractivity contribution is 6.05. The van der Waals surface area contributed by atoms with Crippen molar-refractivity contribution < 1.29 is 14.1 Å². The zero-order valence-electron chi connectivity index (χ0n) is 9.42. The highest BCUT2D eigenvalue weighted by Crippen LogP contribution is 2.22. The molecule has 0 radical (unpaired) electrons. The minimum absolute atomic E-state index is 0.00657. The van der Waals surface area contributed by atoms with E-state index in [1.54, 1.807) is 36.4 Å². The molecule has 2 heterocycles. The molecule has 0 aliphatic carbocycles. The van der Waals surface area contributed by atoms with E-state index < -0.39 is 0 Å². The van der Waals surface area contributed by atoms with Gasteiger partial charge >= 0.3 is 0 Å². The lowest BCUT2D eigenvalue weighted by Gasteiger charge is -2.38. The van der Waals surface area contributed by atoms with E-state index in [2.05, 4.69) is 5.16 Å². The van der Waals surface area contributed by atoms with E-state index >= 15 is 0 Å². The van der Waals surface area contributed by atoms with Crippen molar-refractivity contribution in [3.05, 3.63) is 30.0 Å². The first kappa shape index (κ1) is 10.3. The summed E-state index contributed by atoms with van der Waals surface area (Å²) in [7, 11) is 1.66. The highest BCUT2D eigenvalue weighted by atomic mass is 16.5. The molecule has 1 aliphatic rings. The summed E-state index contributed by atoms with van der Waals surface area (Å²) < 4.78 is 10.2. The van der Waals surface area contributed by atoms with Gasteiger partial charge in [0, 0.05) is 20.2 Å². The maximum Gasteiger partial charge on any atom is 0.254 e. The second-order valence-corrected chi connectivity index (χ2v) is 4.11. The Balaban J connectivity index is 1.89. The zero-order chi connectivity index (χ0) is 11.8. The molecule has 0 unspecified atom stereocenters. The number of likely N-dealkylation sites (tertiary alicyclic amines) is 1. The van der Waals surface area contributed by atoms with E-state index in [1.165, 1.54) is 0 Å². The van der Waals surface area contributed by atoms with Crippen molar-refractivity contribution >= 4 is 16.9 Å². The summed E-state index contributed by atoms with van der Waals surface area (Å²) in [6, 6.07) is 5.39. The van der Waals surface area contributed by atoms with Gasteiger partial charge in [-0.2, -0.15) is 0 Å². The number of nitrogens with zero attached hydrogens (tertiary/aromatic N) is 2. The van der Waals surface area contributed by atoms with Crippen LogP contribution >= 0.6 is 0 Å². The van der Waals surface area contributed by atoms with Gasteiger partial charge in [-0.1, -0.05) is 11.2 Å². The number of carbonyl (C=O) groups is 1. The summed E-state index contributed by atoms with van der Waals surface area (Å²) in [5.41, 5.74) is 1.28. The monoisotopic (exact) mass is 232 g/mol. The first-order chi connectivity index (χ1) is 8.29. The molecule has 0 spiro atoms. The third kappa shape index (κ3) is 1.59. The summed E-state index contributed by atoms with van der Waals surface area (Å²) in [6.45, 7) is 1.30. The number of fused-ring (bicyclic) bond motifs is 1. The van der Waals surface area contributed by atoms with Crippen LogP contribution in [0.15, 0.2) is 28.9 Å². The normalized spacial score (nSPS) is 16.2. The molecule has 1 amide bonds. The summed E-state index contributed by atoms with van der Waals surface area (Å²) in [5.74, 6) is 0.00657. The summed E-state index contributed by atoms with van der Waals surface area (Å²) >= 11 is 0. The average molecular weight is 232 g/mol. The Bertz CT molecular complexity index is 558. The lowest BCUT2D eigenvalue weighted by molar-refractivity contribution is -0.0191. The lowest BCUT2D eigenvalue weighted by Crippen LogP contribution is -2.54. The number of aromatic nitrogens is 1. The van der Waals surface area contributed by atoms with Gasteiger partial charge in [0.25, 0.3) is 5.91 Å². The SMILES string of the molecule is COC1CN(C(=O)c2cccc3oncc23)C1. The van der Waals surface area contributed by atoms with E-state index in [0.717, 1.165) is 5.39 Å².